The molecule has 0 aromatic carbocycles. The molecule has 0 amide bonds. The first-order valence-electron chi connectivity index (χ1n) is 4.81. The van der Waals surface area contributed by atoms with E-state index < -0.39 is 0 Å². The van der Waals surface area contributed by atoms with Crippen molar-refractivity contribution in [3.05, 3.63) is 12.7 Å². The maximum atomic E-state index is 5.82. The van der Waals surface area contributed by atoms with Crippen LogP contribution >= 0.6 is 11.6 Å². The molecule has 1 unspecified atom stereocenters. The molecule has 0 aliphatic rings. The lowest BCUT2D eigenvalue weighted by Crippen LogP contribution is -2.18. The Hall–Kier alpha value is -0.0100. The Morgan fingerprint density at radius 1 is 1.54 bits per heavy atom. The Kier molecular flexibility index (Phi) is 6.44. The molecular formula is C11H21ClO. The van der Waals surface area contributed by atoms with Gasteiger partial charge < -0.3 is 4.74 Å². The molecule has 13 heavy (non-hydrogen) atoms. The second kappa shape index (κ2) is 6.44. The smallest absolute Gasteiger partial charge is 0.0488 e. The van der Waals surface area contributed by atoms with E-state index >= 15 is 0 Å². The van der Waals surface area contributed by atoms with Gasteiger partial charge in [0.15, 0.2) is 0 Å². The molecule has 0 aliphatic carbocycles. The van der Waals surface area contributed by atoms with Crippen LogP contribution in [0.4, 0.5) is 0 Å². The van der Waals surface area contributed by atoms with Crippen LogP contribution in [0.3, 0.4) is 0 Å². The summed E-state index contributed by atoms with van der Waals surface area (Å²) in [7, 11) is 0. The summed E-state index contributed by atoms with van der Waals surface area (Å²) < 4.78 is 5.49. The number of halogens is 1. The van der Waals surface area contributed by atoms with Crippen LogP contribution in [-0.2, 0) is 4.74 Å². The molecule has 0 saturated heterocycles. The molecule has 1 atom stereocenters. The van der Waals surface area contributed by atoms with E-state index in [4.69, 9.17) is 16.3 Å². The lowest BCUT2D eigenvalue weighted by molar-refractivity contribution is 0.0932. The first-order valence-corrected chi connectivity index (χ1v) is 5.35. The largest absolute Gasteiger partial charge is 0.381 e. The summed E-state index contributed by atoms with van der Waals surface area (Å²) in [6, 6.07) is 0. The summed E-state index contributed by atoms with van der Waals surface area (Å²) in [5.74, 6) is 1.22. The van der Waals surface area contributed by atoms with Gasteiger partial charge in [0.1, 0.15) is 0 Å². The van der Waals surface area contributed by atoms with Crippen molar-refractivity contribution in [2.24, 2.45) is 11.3 Å². The van der Waals surface area contributed by atoms with E-state index in [0.717, 1.165) is 19.6 Å². The lowest BCUT2D eigenvalue weighted by Gasteiger charge is -2.22. The first-order chi connectivity index (χ1) is 6.04. The summed E-state index contributed by atoms with van der Waals surface area (Å²) >= 11 is 5.82. The van der Waals surface area contributed by atoms with Crippen LogP contribution in [0.2, 0.25) is 0 Å². The van der Waals surface area contributed by atoms with Crippen LogP contribution in [-0.4, -0.2) is 19.1 Å². The molecule has 0 radical (unpaired) electrons. The van der Waals surface area contributed by atoms with E-state index in [1.807, 2.05) is 6.08 Å². The first kappa shape index (κ1) is 13.0. The van der Waals surface area contributed by atoms with E-state index in [1.165, 1.54) is 0 Å². The van der Waals surface area contributed by atoms with Crippen molar-refractivity contribution in [2.75, 3.05) is 19.1 Å². The Labute approximate surface area is 87.1 Å². The molecule has 0 aromatic rings. The van der Waals surface area contributed by atoms with Crippen molar-refractivity contribution in [1.29, 1.82) is 0 Å². The third-order valence-corrected chi connectivity index (χ3v) is 2.68. The van der Waals surface area contributed by atoms with Gasteiger partial charge in [-0.1, -0.05) is 26.8 Å². The maximum absolute atomic E-state index is 5.82. The Balaban J connectivity index is 3.56. The average molecular weight is 205 g/mol. The summed E-state index contributed by atoms with van der Waals surface area (Å²) in [5, 5.41) is 0. The molecule has 0 aliphatic heterocycles. The molecule has 0 saturated carbocycles. The van der Waals surface area contributed by atoms with Crippen LogP contribution in [0.15, 0.2) is 12.7 Å². The highest BCUT2D eigenvalue weighted by atomic mass is 35.5. The van der Waals surface area contributed by atoms with E-state index in [1.54, 1.807) is 0 Å². The van der Waals surface area contributed by atoms with Crippen molar-refractivity contribution in [3.8, 4) is 0 Å². The number of hydrogen-bond acceptors (Lipinski definition) is 1. The fourth-order valence-electron chi connectivity index (χ4n) is 0.848. The predicted octanol–water partition coefficient (Wildman–Crippen LogP) is 3.48. The molecule has 0 spiro atoms. The minimum Gasteiger partial charge on any atom is -0.381 e. The molecule has 1 nitrogen and oxygen atoms in total. The zero-order valence-electron chi connectivity index (χ0n) is 8.98. The average Bonchev–Trinajstić information content (AvgIpc) is 2.12. The molecule has 0 bridgehead atoms. The summed E-state index contributed by atoms with van der Waals surface area (Å²) in [6.07, 6.45) is 2.87. The quantitative estimate of drug-likeness (QED) is 0.351. The van der Waals surface area contributed by atoms with Gasteiger partial charge in [-0.15, -0.1) is 18.2 Å². The molecule has 0 fully saturated rings. The number of alkyl halides is 1. The molecule has 78 valence electrons. The standard InChI is InChI=1S/C11H21ClO/c1-5-11(4,9-12)6-7-13-8-10(2)3/h5,10H,1,6-9H2,2-4H3. The SMILES string of the molecule is C=CC(C)(CCl)CCOCC(C)C. The van der Waals surface area contributed by atoms with Crippen LogP contribution in [0.25, 0.3) is 0 Å². The van der Waals surface area contributed by atoms with Crippen molar-refractivity contribution < 1.29 is 4.74 Å². The van der Waals surface area contributed by atoms with E-state index in [9.17, 15) is 0 Å². The van der Waals surface area contributed by atoms with Gasteiger partial charge in [0, 0.05) is 24.5 Å². The molecule has 2 heteroatoms. The van der Waals surface area contributed by atoms with Crippen molar-refractivity contribution >= 4 is 11.6 Å². The van der Waals surface area contributed by atoms with E-state index in [-0.39, 0.29) is 5.41 Å². The minimum absolute atomic E-state index is 0.0263. The zero-order chi connectivity index (χ0) is 10.3. The second-order valence-corrected chi connectivity index (χ2v) is 4.48. The number of hydrogen-bond donors (Lipinski definition) is 0. The Bertz CT molecular complexity index is 145. The lowest BCUT2D eigenvalue weighted by atomic mass is 9.90. The van der Waals surface area contributed by atoms with Crippen LogP contribution in [0, 0.1) is 11.3 Å². The topological polar surface area (TPSA) is 9.23 Å². The van der Waals surface area contributed by atoms with E-state index in [2.05, 4.69) is 27.4 Å². The second-order valence-electron chi connectivity index (χ2n) is 4.21. The van der Waals surface area contributed by atoms with Crippen LogP contribution < -0.4 is 0 Å². The van der Waals surface area contributed by atoms with Crippen molar-refractivity contribution in [2.45, 2.75) is 27.2 Å². The summed E-state index contributed by atoms with van der Waals surface area (Å²) in [4.78, 5) is 0. The molecule has 0 aromatic heterocycles. The van der Waals surface area contributed by atoms with Gasteiger partial charge >= 0.3 is 0 Å². The summed E-state index contributed by atoms with van der Waals surface area (Å²) in [5.41, 5.74) is 0.0263. The fraction of sp³-hybridized carbons (Fsp3) is 0.818. The highest BCUT2D eigenvalue weighted by molar-refractivity contribution is 6.18. The van der Waals surface area contributed by atoms with Crippen molar-refractivity contribution in [1.82, 2.24) is 0 Å². The summed E-state index contributed by atoms with van der Waals surface area (Å²) in [6.45, 7) is 11.8. The van der Waals surface area contributed by atoms with Gasteiger partial charge in [0.25, 0.3) is 0 Å². The zero-order valence-corrected chi connectivity index (χ0v) is 9.73. The fourth-order valence-corrected chi connectivity index (χ4v) is 1.09. The normalized spacial score (nSPS) is 15.8. The van der Waals surface area contributed by atoms with Crippen LogP contribution in [0.5, 0.6) is 0 Å². The van der Waals surface area contributed by atoms with Gasteiger partial charge in [-0.2, -0.15) is 0 Å². The number of ether oxygens (including phenoxy) is 1. The molecule has 0 N–H and O–H groups in total. The highest BCUT2D eigenvalue weighted by Gasteiger charge is 2.18. The number of allylic oxidation sites excluding steroid dienone is 1. The predicted molar refractivity (Wildman–Crippen MR) is 59.3 cm³/mol. The molecular weight excluding hydrogens is 184 g/mol. The van der Waals surface area contributed by atoms with Gasteiger partial charge in [-0.3, -0.25) is 0 Å². The maximum Gasteiger partial charge on any atom is 0.0488 e. The third kappa shape index (κ3) is 6.11. The third-order valence-electron chi connectivity index (χ3n) is 2.07. The van der Waals surface area contributed by atoms with Crippen molar-refractivity contribution in [3.63, 3.8) is 0 Å². The van der Waals surface area contributed by atoms with Crippen LogP contribution in [0.1, 0.15) is 27.2 Å². The monoisotopic (exact) mass is 204 g/mol. The van der Waals surface area contributed by atoms with Gasteiger partial charge in [-0.05, 0) is 12.3 Å². The molecule has 0 heterocycles. The van der Waals surface area contributed by atoms with Gasteiger partial charge in [0.2, 0.25) is 0 Å². The van der Waals surface area contributed by atoms with E-state index in [0.29, 0.717) is 11.8 Å². The Morgan fingerprint density at radius 2 is 2.15 bits per heavy atom. The minimum atomic E-state index is 0.0263. The Morgan fingerprint density at radius 3 is 2.54 bits per heavy atom. The van der Waals surface area contributed by atoms with Gasteiger partial charge in [0.05, 0.1) is 0 Å². The number of rotatable bonds is 7. The highest BCUT2D eigenvalue weighted by Crippen LogP contribution is 2.24. The molecule has 0 rings (SSSR count). The van der Waals surface area contributed by atoms with Gasteiger partial charge in [-0.25, -0.2) is 0 Å².